The molecule has 0 amide bonds. The smallest absolute Gasteiger partial charge is 0.354 e. The Morgan fingerprint density at radius 2 is 1.87 bits per heavy atom. The Balaban J connectivity index is 1.86. The van der Waals surface area contributed by atoms with Gasteiger partial charge in [0.15, 0.2) is 0 Å². The van der Waals surface area contributed by atoms with Gasteiger partial charge in [0.05, 0.1) is 5.69 Å². The predicted molar refractivity (Wildman–Crippen MR) is 118 cm³/mol. The molecule has 4 rings (SSSR count). The van der Waals surface area contributed by atoms with Gasteiger partial charge in [-0.2, -0.15) is 13.2 Å². The Kier molecular flexibility index (Phi) is 5.73. The Morgan fingerprint density at radius 1 is 1.16 bits per heavy atom. The fraction of sp³-hybridized carbons (Fsp3) is 0.458. The molecule has 7 heteroatoms. The van der Waals surface area contributed by atoms with Gasteiger partial charge in [-0.1, -0.05) is 19.9 Å². The van der Waals surface area contributed by atoms with Gasteiger partial charge in [-0.05, 0) is 74.0 Å². The molecule has 2 aromatic heterocycles. The lowest BCUT2D eigenvalue weighted by Gasteiger charge is -2.23. The maximum atomic E-state index is 13.0. The molecule has 1 saturated heterocycles. The Morgan fingerprint density at radius 3 is 2.52 bits per heavy atom. The van der Waals surface area contributed by atoms with E-state index >= 15 is 0 Å². The van der Waals surface area contributed by atoms with Crippen molar-refractivity contribution in [3.63, 3.8) is 0 Å². The summed E-state index contributed by atoms with van der Waals surface area (Å²) in [6.45, 7) is 6.46. The zero-order valence-corrected chi connectivity index (χ0v) is 18.1. The second kappa shape index (κ2) is 8.19. The number of hydrogen-bond acceptors (Lipinski definition) is 2. The summed E-state index contributed by atoms with van der Waals surface area (Å²) in [5.41, 5.74) is 4.41. The van der Waals surface area contributed by atoms with Crippen LogP contribution < -0.4 is 10.9 Å². The summed E-state index contributed by atoms with van der Waals surface area (Å²) in [5, 5.41) is 4.50. The summed E-state index contributed by atoms with van der Waals surface area (Å²) >= 11 is 0. The van der Waals surface area contributed by atoms with Crippen molar-refractivity contribution in [2.24, 2.45) is 0 Å². The van der Waals surface area contributed by atoms with Gasteiger partial charge in [0.25, 0.3) is 5.56 Å². The lowest BCUT2D eigenvalue weighted by atomic mass is 9.88. The molecule has 31 heavy (non-hydrogen) atoms. The molecular formula is C24H28F3N3O. The first kappa shape index (κ1) is 21.7. The second-order valence-corrected chi connectivity index (χ2v) is 8.86. The van der Waals surface area contributed by atoms with Gasteiger partial charge in [-0.15, -0.1) is 0 Å². The van der Waals surface area contributed by atoms with Crippen molar-refractivity contribution < 1.29 is 13.2 Å². The van der Waals surface area contributed by atoms with Crippen molar-refractivity contribution in [1.29, 1.82) is 0 Å². The molecule has 3 heterocycles. The number of hydrogen-bond donors (Lipinski definition) is 2. The highest BCUT2D eigenvalue weighted by Crippen LogP contribution is 2.38. The van der Waals surface area contributed by atoms with Gasteiger partial charge in [-0.25, -0.2) is 0 Å². The highest BCUT2D eigenvalue weighted by Gasteiger charge is 2.29. The standard InChI is InChI=1S/C24H28F3N3O/c1-14(2)21-19-11-17(16-6-8-28-9-7-16)4-5-20(19)29-22(21)18-10-15(3)23(31)30(12-18)13-24(25,26)27/h4-5,10-12,14,16,28-29H,6-9,13H2,1-3H3. The first-order chi connectivity index (χ1) is 14.6. The Hall–Kier alpha value is -2.54. The number of fused-ring (bicyclic) bond motifs is 1. The zero-order valence-electron chi connectivity index (χ0n) is 18.1. The molecule has 0 spiro atoms. The van der Waals surface area contributed by atoms with E-state index in [1.165, 1.54) is 11.8 Å². The van der Waals surface area contributed by atoms with Gasteiger partial charge < -0.3 is 14.9 Å². The third-order valence-electron chi connectivity index (χ3n) is 6.15. The van der Waals surface area contributed by atoms with E-state index in [2.05, 4.69) is 42.3 Å². The van der Waals surface area contributed by atoms with Crippen LogP contribution in [0.1, 0.15) is 55.2 Å². The lowest BCUT2D eigenvalue weighted by molar-refractivity contribution is -0.141. The van der Waals surface area contributed by atoms with E-state index in [0.29, 0.717) is 17.0 Å². The van der Waals surface area contributed by atoms with Crippen LogP contribution in [0.4, 0.5) is 13.2 Å². The summed E-state index contributed by atoms with van der Waals surface area (Å²) in [5.74, 6) is 0.676. The number of alkyl halides is 3. The molecule has 0 aliphatic carbocycles. The van der Waals surface area contributed by atoms with Crippen LogP contribution in [0, 0.1) is 6.92 Å². The minimum absolute atomic E-state index is 0.162. The summed E-state index contributed by atoms with van der Waals surface area (Å²) in [6, 6.07) is 8.14. The van der Waals surface area contributed by atoms with E-state index in [1.807, 2.05) is 0 Å². The van der Waals surface area contributed by atoms with E-state index in [-0.39, 0.29) is 5.92 Å². The number of halogens is 3. The Labute approximate surface area is 179 Å². The number of aromatic amines is 1. The van der Waals surface area contributed by atoms with Crippen molar-refractivity contribution in [3.05, 3.63) is 57.5 Å². The summed E-state index contributed by atoms with van der Waals surface area (Å²) in [4.78, 5) is 15.7. The van der Waals surface area contributed by atoms with Gasteiger partial charge in [0.1, 0.15) is 6.54 Å². The maximum absolute atomic E-state index is 13.0. The molecule has 1 aromatic carbocycles. The van der Waals surface area contributed by atoms with Crippen LogP contribution in [0.25, 0.3) is 22.2 Å². The van der Waals surface area contributed by atoms with E-state index in [9.17, 15) is 18.0 Å². The second-order valence-electron chi connectivity index (χ2n) is 8.86. The molecule has 0 atom stereocenters. The molecular weight excluding hydrogens is 403 g/mol. The summed E-state index contributed by atoms with van der Waals surface area (Å²) in [6.07, 6.45) is -0.935. The first-order valence-corrected chi connectivity index (χ1v) is 10.8. The highest BCUT2D eigenvalue weighted by atomic mass is 19.4. The fourth-order valence-electron chi connectivity index (χ4n) is 4.70. The Bertz CT molecular complexity index is 1150. The fourth-order valence-corrected chi connectivity index (χ4v) is 4.70. The topological polar surface area (TPSA) is 49.8 Å². The number of benzene rings is 1. The van der Waals surface area contributed by atoms with Crippen molar-refractivity contribution in [3.8, 4) is 11.3 Å². The number of aromatic nitrogens is 2. The number of nitrogens with one attached hydrogen (secondary N) is 2. The third-order valence-corrected chi connectivity index (χ3v) is 6.15. The van der Waals surface area contributed by atoms with Crippen molar-refractivity contribution in [2.75, 3.05) is 13.1 Å². The molecule has 0 radical (unpaired) electrons. The monoisotopic (exact) mass is 431 g/mol. The molecule has 2 N–H and O–H groups in total. The number of nitrogens with zero attached hydrogens (tertiary/aromatic N) is 1. The molecule has 1 fully saturated rings. The average Bonchev–Trinajstić information content (AvgIpc) is 3.10. The van der Waals surface area contributed by atoms with E-state index in [1.54, 1.807) is 13.0 Å². The quantitative estimate of drug-likeness (QED) is 0.577. The molecule has 3 aromatic rings. The van der Waals surface area contributed by atoms with E-state index in [4.69, 9.17) is 0 Å². The van der Waals surface area contributed by atoms with Gasteiger partial charge in [0.2, 0.25) is 0 Å². The zero-order chi connectivity index (χ0) is 22.3. The highest BCUT2D eigenvalue weighted by molar-refractivity contribution is 5.92. The predicted octanol–water partition coefficient (Wildman–Crippen LogP) is 5.46. The van der Waals surface area contributed by atoms with Crippen molar-refractivity contribution in [1.82, 2.24) is 14.9 Å². The lowest BCUT2D eigenvalue weighted by Crippen LogP contribution is -2.29. The normalized spacial score (nSPS) is 15.8. The molecule has 1 aliphatic rings. The third kappa shape index (κ3) is 4.42. The number of aryl methyl sites for hydroxylation is 1. The molecule has 166 valence electrons. The molecule has 0 unspecified atom stereocenters. The minimum Gasteiger partial charge on any atom is -0.354 e. The van der Waals surface area contributed by atoms with Gasteiger partial charge in [-0.3, -0.25) is 4.79 Å². The number of piperidine rings is 1. The SMILES string of the molecule is Cc1cc(-c2[nH]c3ccc(C4CCNCC4)cc3c2C(C)C)cn(CC(F)(F)F)c1=O. The molecule has 0 saturated carbocycles. The van der Waals surface area contributed by atoms with Crippen LogP contribution in [0.5, 0.6) is 0 Å². The first-order valence-electron chi connectivity index (χ1n) is 10.8. The van der Waals surface area contributed by atoms with Crippen LogP contribution >= 0.6 is 0 Å². The molecule has 0 bridgehead atoms. The number of H-pyrrole nitrogens is 1. The van der Waals surface area contributed by atoms with Crippen LogP contribution in [0.2, 0.25) is 0 Å². The minimum atomic E-state index is -4.46. The molecule has 4 nitrogen and oxygen atoms in total. The van der Waals surface area contributed by atoms with Crippen molar-refractivity contribution in [2.45, 2.75) is 58.2 Å². The molecule has 1 aliphatic heterocycles. The summed E-state index contributed by atoms with van der Waals surface area (Å²) < 4.78 is 39.8. The number of pyridine rings is 1. The van der Waals surface area contributed by atoms with Crippen LogP contribution in [0.15, 0.2) is 35.3 Å². The van der Waals surface area contributed by atoms with Gasteiger partial charge in [0, 0.05) is 28.2 Å². The average molecular weight is 432 g/mol. The summed E-state index contributed by atoms with van der Waals surface area (Å²) in [7, 11) is 0. The van der Waals surface area contributed by atoms with Gasteiger partial charge >= 0.3 is 6.18 Å². The van der Waals surface area contributed by atoms with E-state index in [0.717, 1.165) is 52.7 Å². The van der Waals surface area contributed by atoms with Crippen molar-refractivity contribution >= 4 is 10.9 Å². The van der Waals surface area contributed by atoms with Crippen LogP contribution in [-0.4, -0.2) is 28.8 Å². The van der Waals surface area contributed by atoms with Crippen LogP contribution in [-0.2, 0) is 6.54 Å². The maximum Gasteiger partial charge on any atom is 0.406 e. The van der Waals surface area contributed by atoms with E-state index < -0.39 is 18.3 Å². The number of rotatable bonds is 4. The van der Waals surface area contributed by atoms with Crippen LogP contribution in [0.3, 0.4) is 0 Å². The largest absolute Gasteiger partial charge is 0.406 e.